The first kappa shape index (κ1) is 14.6. The second kappa shape index (κ2) is 5.04. The van der Waals surface area contributed by atoms with Crippen molar-refractivity contribution in [3.05, 3.63) is 17.3 Å². The minimum atomic E-state index is -4.74. The fourth-order valence-electron chi connectivity index (χ4n) is 1.66. The largest absolute Gasteiger partial charge is 0.574 e. The Labute approximate surface area is 104 Å². The van der Waals surface area contributed by atoms with Gasteiger partial charge in [0, 0.05) is 6.07 Å². The van der Waals surface area contributed by atoms with Crippen LogP contribution in [0.1, 0.15) is 50.8 Å². The van der Waals surface area contributed by atoms with Gasteiger partial charge in [-0.25, -0.2) is 4.98 Å². The van der Waals surface area contributed by atoms with E-state index in [9.17, 15) is 13.2 Å². The van der Waals surface area contributed by atoms with Gasteiger partial charge >= 0.3 is 6.36 Å². The third kappa shape index (κ3) is 3.51. The summed E-state index contributed by atoms with van der Waals surface area (Å²) < 4.78 is 40.5. The normalized spacial score (nSPS) is 12.3. The number of anilines is 1. The summed E-state index contributed by atoms with van der Waals surface area (Å²) in [5, 5.41) is 0. The summed E-state index contributed by atoms with van der Waals surface area (Å²) in [6, 6.07) is 1.25. The summed E-state index contributed by atoms with van der Waals surface area (Å²) in [6.45, 7) is 7.35. The number of halogens is 3. The maximum atomic E-state index is 12.2. The highest BCUT2D eigenvalue weighted by Gasteiger charge is 2.32. The van der Waals surface area contributed by atoms with Gasteiger partial charge in [-0.15, -0.1) is 13.2 Å². The van der Waals surface area contributed by atoms with Gasteiger partial charge in [0.2, 0.25) is 5.88 Å². The Hall–Kier alpha value is -1.46. The van der Waals surface area contributed by atoms with Crippen LogP contribution in [0, 0.1) is 0 Å². The molecule has 0 radical (unpaired) electrons. The molecule has 0 aliphatic heterocycles. The third-order valence-electron chi connectivity index (χ3n) is 2.49. The summed E-state index contributed by atoms with van der Waals surface area (Å²) in [4.78, 5) is 3.83. The molecule has 0 bridgehead atoms. The van der Waals surface area contributed by atoms with Gasteiger partial charge in [0.25, 0.3) is 0 Å². The highest BCUT2D eigenvalue weighted by Crippen LogP contribution is 2.33. The highest BCUT2D eigenvalue weighted by molar-refractivity contribution is 5.55. The smallest absolute Gasteiger partial charge is 0.397 e. The molecule has 1 aromatic heterocycles. The van der Waals surface area contributed by atoms with E-state index in [1.54, 1.807) is 0 Å². The Balaban J connectivity index is 3.29. The summed E-state index contributed by atoms with van der Waals surface area (Å²) in [5.74, 6) is -0.524. The minimum Gasteiger partial charge on any atom is -0.397 e. The number of rotatable bonds is 3. The molecule has 2 N–H and O–H groups in total. The lowest BCUT2D eigenvalue weighted by atomic mass is 9.97. The van der Waals surface area contributed by atoms with Gasteiger partial charge < -0.3 is 10.5 Å². The fourth-order valence-corrected chi connectivity index (χ4v) is 1.66. The highest BCUT2D eigenvalue weighted by atomic mass is 19.4. The molecule has 0 amide bonds. The maximum absolute atomic E-state index is 12.2. The molecule has 102 valence electrons. The first-order chi connectivity index (χ1) is 8.11. The molecule has 0 saturated carbocycles. The Morgan fingerprint density at radius 2 is 1.72 bits per heavy atom. The topological polar surface area (TPSA) is 48.1 Å². The van der Waals surface area contributed by atoms with Gasteiger partial charge in [0.05, 0.1) is 11.4 Å². The fraction of sp³-hybridized carbons (Fsp3) is 0.583. The molecule has 0 unspecified atom stereocenters. The minimum absolute atomic E-state index is 0.00100. The van der Waals surface area contributed by atoms with E-state index in [0.29, 0.717) is 16.9 Å². The van der Waals surface area contributed by atoms with Crippen LogP contribution in [0.5, 0.6) is 5.88 Å². The van der Waals surface area contributed by atoms with Crippen molar-refractivity contribution >= 4 is 5.69 Å². The number of alkyl halides is 3. The van der Waals surface area contributed by atoms with Crippen LogP contribution < -0.4 is 10.5 Å². The van der Waals surface area contributed by atoms with Crippen LogP contribution in [-0.4, -0.2) is 11.3 Å². The molecule has 1 heterocycles. The van der Waals surface area contributed by atoms with Crippen LogP contribution in [-0.2, 0) is 0 Å². The maximum Gasteiger partial charge on any atom is 0.574 e. The molecule has 0 aromatic carbocycles. The zero-order valence-electron chi connectivity index (χ0n) is 10.8. The second-order valence-electron chi connectivity index (χ2n) is 4.71. The van der Waals surface area contributed by atoms with Crippen molar-refractivity contribution in [1.82, 2.24) is 4.98 Å². The number of aromatic nitrogens is 1. The number of pyridine rings is 1. The first-order valence-electron chi connectivity index (χ1n) is 5.68. The number of ether oxygens (including phenoxy) is 1. The van der Waals surface area contributed by atoms with Crippen LogP contribution in [0.4, 0.5) is 18.9 Å². The predicted molar refractivity (Wildman–Crippen MR) is 63.5 cm³/mol. The van der Waals surface area contributed by atoms with Crippen molar-refractivity contribution in [3.8, 4) is 5.88 Å². The first-order valence-corrected chi connectivity index (χ1v) is 5.68. The predicted octanol–water partition coefficient (Wildman–Crippen LogP) is 3.81. The van der Waals surface area contributed by atoms with Crippen molar-refractivity contribution in [1.29, 1.82) is 0 Å². The van der Waals surface area contributed by atoms with Crippen LogP contribution in [0.3, 0.4) is 0 Å². The molecular formula is C12H17F3N2O. The summed E-state index contributed by atoms with van der Waals surface area (Å²) >= 11 is 0. The number of nitrogens with zero attached hydrogens (tertiary/aromatic N) is 1. The van der Waals surface area contributed by atoms with Crippen LogP contribution >= 0.6 is 0 Å². The van der Waals surface area contributed by atoms with Gasteiger partial charge in [-0.3, -0.25) is 0 Å². The Morgan fingerprint density at radius 1 is 1.17 bits per heavy atom. The summed E-state index contributed by atoms with van der Waals surface area (Å²) in [6.07, 6.45) is -4.74. The van der Waals surface area contributed by atoms with E-state index in [0.717, 1.165) is 0 Å². The van der Waals surface area contributed by atoms with E-state index in [4.69, 9.17) is 5.73 Å². The van der Waals surface area contributed by atoms with Crippen molar-refractivity contribution < 1.29 is 17.9 Å². The van der Waals surface area contributed by atoms with E-state index in [1.165, 1.54) is 6.07 Å². The quantitative estimate of drug-likeness (QED) is 0.901. The molecule has 3 nitrogen and oxygen atoms in total. The van der Waals surface area contributed by atoms with Crippen LogP contribution in [0.15, 0.2) is 6.07 Å². The molecule has 0 atom stereocenters. The van der Waals surface area contributed by atoms with E-state index in [1.807, 2.05) is 27.7 Å². The van der Waals surface area contributed by atoms with Crippen LogP contribution in [0.2, 0.25) is 0 Å². The van der Waals surface area contributed by atoms with E-state index in [2.05, 4.69) is 9.72 Å². The molecule has 1 rings (SSSR count). The van der Waals surface area contributed by atoms with Gasteiger partial charge in [0.15, 0.2) is 0 Å². The van der Waals surface area contributed by atoms with E-state index in [-0.39, 0.29) is 11.8 Å². The van der Waals surface area contributed by atoms with E-state index >= 15 is 0 Å². The SMILES string of the molecule is CC(C)c1cc(OC(F)(F)F)nc(C(C)C)c1N. The molecule has 1 aromatic rings. The lowest BCUT2D eigenvalue weighted by Gasteiger charge is -2.18. The molecular weight excluding hydrogens is 245 g/mol. The number of nitrogen functional groups attached to an aromatic ring is 1. The molecule has 6 heteroatoms. The standard InChI is InChI=1S/C12H17F3N2O/c1-6(2)8-5-9(18-12(13,14)15)17-11(7(3)4)10(8)16/h5-7H,16H2,1-4H3. The Morgan fingerprint density at radius 3 is 2.11 bits per heavy atom. The molecule has 18 heavy (non-hydrogen) atoms. The van der Waals surface area contributed by atoms with Gasteiger partial charge in [-0.2, -0.15) is 0 Å². The Kier molecular flexibility index (Phi) is 4.09. The number of hydrogen-bond donors (Lipinski definition) is 1. The average molecular weight is 262 g/mol. The second-order valence-corrected chi connectivity index (χ2v) is 4.71. The van der Waals surface area contributed by atoms with Gasteiger partial charge in [-0.1, -0.05) is 27.7 Å². The lowest BCUT2D eigenvalue weighted by molar-refractivity contribution is -0.276. The third-order valence-corrected chi connectivity index (χ3v) is 2.49. The van der Waals surface area contributed by atoms with E-state index < -0.39 is 12.2 Å². The average Bonchev–Trinajstić information content (AvgIpc) is 2.17. The summed E-state index contributed by atoms with van der Waals surface area (Å²) in [5.41, 5.74) is 7.41. The van der Waals surface area contributed by atoms with Crippen molar-refractivity contribution in [2.24, 2.45) is 0 Å². The zero-order valence-corrected chi connectivity index (χ0v) is 10.8. The van der Waals surface area contributed by atoms with Crippen LogP contribution in [0.25, 0.3) is 0 Å². The Bertz CT molecular complexity index is 399. The number of hydrogen-bond acceptors (Lipinski definition) is 3. The molecule has 0 aliphatic rings. The summed E-state index contributed by atoms with van der Waals surface area (Å²) in [7, 11) is 0. The van der Waals surface area contributed by atoms with Crippen molar-refractivity contribution in [2.45, 2.75) is 45.9 Å². The molecule has 0 fully saturated rings. The molecule has 0 saturated heterocycles. The van der Waals surface area contributed by atoms with Gasteiger partial charge in [-0.05, 0) is 17.4 Å². The lowest BCUT2D eigenvalue weighted by Crippen LogP contribution is -2.19. The molecule has 0 aliphatic carbocycles. The van der Waals surface area contributed by atoms with Crippen molar-refractivity contribution in [2.75, 3.05) is 5.73 Å². The monoisotopic (exact) mass is 262 g/mol. The number of nitrogens with two attached hydrogens (primary N) is 1. The van der Waals surface area contributed by atoms with Gasteiger partial charge in [0.1, 0.15) is 0 Å². The molecule has 0 spiro atoms. The zero-order chi connectivity index (χ0) is 14.1. The van der Waals surface area contributed by atoms with Crippen molar-refractivity contribution in [3.63, 3.8) is 0 Å².